The van der Waals surface area contributed by atoms with Crippen molar-refractivity contribution in [2.75, 3.05) is 33.3 Å². The summed E-state index contributed by atoms with van der Waals surface area (Å²) in [4.78, 5) is 16.5. The van der Waals surface area contributed by atoms with Gasteiger partial charge in [-0.2, -0.15) is 5.10 Å². The molecule has 1 aromatic rings. The molecule has 0 aromatic carbocycles. The number of likely N-dealkylation sites (tertiary alicyclic amines) is 1. The van der Waals surface area contributed by atoms with E-state index in [4.69, 9.17) is 4.74 Å². The molecule has 0 aliphatic carbocycles. The lowest BCUT2D eigenvalue weighted by Crippen LogP contribution is -2.48. The van der Waals surface area contributed by atoms with Crippen molar-refractivity contribution in [3.05, 3.63) is 18.0 Å². The number of aryl methyl sites for hydroxylation is 1. The summed E-state index contributed by atoms with van der Waals surface area (Å²) in [5, 5.41) is 4.09. The smallest absolute Gasteiger partial charge is 0.228 e. The Bertz CT molecular complexity index is 473. The summed E-state index contributed by atoms with van der Waals surface area (Å²) >= 11 is 0. The lowest BCUT2D eigenvalue weighted by atomic mass is 10.1. The van der Waals surface area contributed by atoms with Gasteiger partial charge in [-0.05, 0) is 13.1 Å². The maximum absolute atomic E-state index is 12.3. The highest BCUT2D eigenvalue weighted by Crippen LogP contribution is 2.22. The zero-order valence-corrected chi connectivity index (χ0v) is 11.5. The Labute approximate surface area is 112 Å². The molecule has 6 heteroatoms. The molecular formula is C13H20N4O2. The topological polar surface area (TPSA) is 50.6 Å². The van der Waals surface area contributed by atoms with E-state index in [2.05, 4.69) is 17.0 Å². The van der Waals surface area contributed by atoms with Gasteiger partial charge in [-0.3, -0.25) is 14.4 Å². The summed E-state index contributed by atoms with van der Waals surface area (Å²) in [7, 11) is 3.97. The van der Waals surface area contributed by atoms with Crippen LogP contribution in [0.3, 0.4) is 0 Å². The Morgan fingerprint density at radius 3 is 3.00 bits per heavy atom. The zero-order valence-electron chi connectivity index (χ0n) is 11.5. The average Bonchev–Trinajstić information content (AvgIpc) is 2.97. The first kappa shape index (κ1) is 12.6. The first-order valence-electron chi connectivity index (χ1n) is 6.71. The van der Waals surface area contributed by atoms with Crippen LogP contribution < -0.4 is 0 Å². The number of carbonyl (C=O) groups excluding carboxylic acids is 1. The Morgan fingerprint density at radius 1 is 1.47 bits per heavy atom. The van der Waals surface area contributed by atoms with Gasteiger partial charge in [0.15, 0.2) is 0 Å². The number of nitrogens with zero attached hydrogens (tertiary/aromatic N) is 4. The van der Waals surface area contributed by atoms with E-state index in [1.165, 1.54) is 0 Å². The number of rotatable bonds is 2. The number of hydrogen-bond acceptors (Lipinski definition) is 4. The molecule has 3 heterocycles. The average molecular weight is 264 g/mol. The zero-order chi connectivity index (χ0) is 13.4. The van der Waals surface area contributed by atoms with Crippen LogP contribution in [0, 0.1) is 0 Å². The summed E-state index contributed by atoms with van der Waals surface area (Å²) in [5.74, 6) is 0.162. The van der Waals surface area contributed by atoms with Crippen molar-refractivity contribution in [3.63, 3.8) is 0 Å². The van der Waals surface area contributed by atoms with Crippen LogP contribution in [0.1, 0.15) is 5.69 Å². The first-order chi connectivity index (χ1) is 9.15. The quantitative estimate of drug-likeness (QED) is 0.723. The summed E-state index contributed by atoms with van der Waals surface area (Å²) in [6, 6.07) is 2.24. The minimum Gasteiger partial charge on any atom is -0.373 e. The highest BCUT2D eigenvalue weighted by atomic mass is 16.5. The van der Waals surface area contributed by atoms with Gasteiger partial charge in [-0.1, -0.05) is 0 Å². The molecule has 2 aliphatic rings. The second-order valence-electron chi connectivity index (χ2n) is 5.38. The SMILES string of the molecule is CN1CCO[C@@H]2CN(C(=O)Cc3ccnn3C)C[C@@H]21. The predicted octanol–water partition coefficient (Wildman–Crippen LogP) is -0.496. The van der Waals surface area contributed by atoms with Crippen molar-refractivity contribution in [1.82, 2.24) is 19.6 Å². The molecule has 2 aliphatic heterocycles. The lowest BCUT2D eigenvalue weighted by Gasteiger charge is -2.33. The summed E-state index contributed by atoms with van der Waals surface area (Å²) in [6.07, 6.45) is 2.32. The third kappa shape index (κ3) is 2.37. The van der Waals surface area contributed by atoms with Gasteiger partial charge < -0.3 is 9.64 Å². The molecule has 0 N–H and O–H groups in total. The number of morpholine rings is 1. The predicted molar refractivity (Wildman–Crippen MR) is 69.7 cm³/mol. The minimum atomic E-state index is 0.162. The number of likely N-dealkylation sites (N-methyl/N-ethyl adjacent to an activating group) is 1. The van der Waals surface area contributed by atoms with Crippen molar-refractivity contribution in [2.45, 2.75) is 18.6 Å². The van der Waals surface area contributed by atoms with Gasteiger partial charge in [0.2, 0.25) is 5.91 Å². The minimum absolute atomic E-state index is 0.162. The molecule has 0 radical (unpaired) electrons. The number of fused-ring (bicyclic) bond motifs is 1. The Balaban J connectivity index is 1.64. The van der Waals surface area contributed by atoms with E-state index in [9.17, 15) is 4.79 Å². The maximum atomic E-state index is 12.3. The molecule has 0 bridgehead atoms. The van der Waals surface area contributed by atoms with Crippen molar-refractivity contribution >= 4 is 5.91 Å². The van der Waals surface area contributed by atoms with Crippen molar-refractivity contribution in [2.24, 2.45) is 7.05 Å². The maximum Gasteiger partial charge on any atom is 0.228 e. The van der Waals surface area contributed by atoms with E-state index in [-0.39, 0.29) is 12.0 Å². The molecule has 3 rings (SSSR count). The highest BCUT2D eigenvalue weighted by Gasteiger charge is 2.40. The van der Waals surface area contributed by atoms with Crippen molar-refractivity contribution < 1.29 is 9.53 Å². The molecule has 104 valence electrons. The third-order valence-corrected chi connectivity index (χ3v) is 4.19. The van der Waals surface area contributed by atoms with Crippen LogP contribution in [-0.2, 0) is 23.0 Å². The summed E-state index contributed by atoms with van der Waals surface area (Å²) < 4.78 is 7.51. The van der Waals surface area contributed by atoms with Gasteiger partial charge >= 0.3 is 0 Å². The van der Waals surface area contributed by atoms with E-state index in [1.54, 1.807) is 10.9 Å². The van der Waals surface area contributed by atoms with Crippen LogP contribution in [0.15, 0.2) is 12.3 Å². The molecule has 2 atom stereocenters. The fraction of sp³-hybridized carbons (Fsp3) is 0.692. The third-order valence-electron chi connectivity index (χ3n) is 4.19. The van der Waals surface area contributed by atoms with E-state index in [0.29, 0.717) is 19.0 Å². The van der Waals surface area contributed by atoms with E-state index in [1.807, 2.05) is 18.0 Å². The molecule has 0 unspecified atom stereocenters. The second-order valence-corrected chi connectivity index (χ2v) is 5.38. The number of hydrogen-bond donors (Lipinski definition) is 0. The Kier molecular flexibility index (Phi) is 3.28. The van der Waals surface area contributed by atoms with Gasteiger partial charge in [-0.15, -0.1) is 0 Å². The van der Waals surface area contributed by atoms with Crippen molar-refractivity contribution in [3.8, 4) is 0 Å². The van der Waals surface area contributed by atoms with E-state index in [0.717, 1.165) is 25.4 Å². The Morgan fingerprint density at radius 2 is 2.32 bits per heavy atom. The number of ether oxygens (including phenoxy) is 1. The molecule has 1 aromatic heterocycles. The van der Waals surface area contributed by atoms with E-state index < -0.39 is 0 Å². The normalized spacial score (nSPS) is 27.6. The van der Waals surface area contributed by atoms with Gasteiger partial charge in [0.1, 0.15) is 0 Å². The monoisotopic (exact) mass is 264 g/mol. The number of amides is 1. The lowest BCUT2D eigenvalue weighted by molar-refractivity contribution is -0.130. The molecule has 19 heavy (non-hydrogen) atoms. The summed E-state index contributed by atoms with van der Waals surface area (Å²) in [6.45, 7) is 3.20. The van der Waals surface area contributed by atoms with Gasteiger partial charge in [0, 0.05) is 38.6 Å². The standard InChI is InChI=1S/C13H20N4O2/c1-15-5-6-19-12-9-17(8-11(12)15)13(18)7-10-3-4-14-16(10)2/h3-4,11-12H,5-9H2,1-2H3/t11-,12+/m0/s1. The number of aromatic nitrogens is 2. The van der Waals surface area contributed by atoms with E-state index >= 15 is 0 Å². The first-order valence-corrected chi connectivity index (χ1v) is 6.71. The largest absolute Gasteiger partial charge is 0.373 e. The fourth-order valence-electron chi connectivity index (χ4n) is 2.90. The molecule has 1 amide bonds. The molecule has 0 spiro atoms. The van der Waals surface area contributed by atoms with Gasteiger partial charge in [0.05, 0.1) is 25.2 Å². The van der Waals surface area contributed by atoms with Gasteiger partial charge in [0.25, 0.3) is 0 Å². The molecule has 0 saturated carbocycles. The van der Waals surface area contributed by atoms with Crippen LogP contribution >= 0.6 is 0 Å². The Hall–Kier alpha value is -1.40. The molecule has 2 saturated heterocycles. The molecule has 6 nitrogen and oxygen atoms in total. The second kappa shape index (κ2) is 4.94. The van der Waals surface area contributed by atoms with Gasteiger partial charge in [-0.25, -0.2) is 0 Å². The molecular weight excluding hydrogens is 244 g/mol. The number of carbonyl (C=O) groups is 1. The van der Waals surface area contributed by atoms with Crippen LogP contribution in [0.2, 0.25) is 0 Å². The summed E-state index contributed by atoms with van der Waals surface area (Å²) in [5.41, 5.74) is 0.953. The van der Waals surface area contributed by atoms with Crippen molar-refractivity contribution in [1.29, 1.82) is 0 Å². The fourth-order valence-corrected chi connectivity index (χ4v) is 2.90. The van der Waals surface area contributed by atoms with Crippen LogP contribution in [0.25, 0.3) is 0 Å². The van der Waals surface area contributed by atoms with Crippen LogP contribution in [0.5, 0.6) is 0 Å². The van der Waals surface area contributed by atoms with Crippen LogP contribution in [-0.4, -0.2) is 70.9 Å². The highest BCUT2D eigenvalue weighted by molar-refractivity contribution is 5.78. The molecule has 2 fully saturated rings. The van der Waals surface area contributed by atoms with Crippen LogP contribution in [0.4, 0.5) is 0 Å².